The molecule has 2 rings (SSSR count). The van der Waals surface area contributed by atoms with Gasteiger partial charge in [0.1, 0.15) is 5.75 Å². The predicted molar refractivity (Wildman–Crippen MR) is 84.3 cm³/mol. The van der Waals surface area contributed by atoms with E-state index in [0.29, 0.717) is 24.5 Å². The summed E-state index contributed by atoms with van der Waals surface area (Å²) in [6, 6.07) is 7.36. The van der Waals surface area contributed by atoms with Gasteiger partial charge < -0.3 is 15.4 Å². The van der Waals surface area contributed by atoms with Crippen LogP contribution < -0.4 is 10.5 Å². The molecule has 1 amide bonds. The second-order valence-corrected chi connectivity index (χ2v) is 5.36. The molecule has 1 heterocycles. The van der Waals surface area contributed by atoms with Gasteiger partial charge >= 0.3 is 0 Å². The smallest absolute Gasteiger partial charge is 0.226 e. The molecule has 5 heteroatoms. The standard InChI is InChI=1S/C16H25N3O2/c1-2-8-18-9-11-19(12-10-18)16(20)7-13-21-15-6-4-3-5-14(15)17/h3-6H,2,7-13,17H2,1H3. The molecule has 0 bridgehead atoms. The fourth-order valence-corrected chi connectivity index (χ4v) is 2.56. The minimum Gasteiger partial charge on any atom is -0.491 e. The molecule has 0 spiro atoms. The zero-order valence-electron chi connectivity index (χ0n) is 12.8. The van der Waals surface area contributed by atoms with Gasteiger partial charge in [-0.25, -0.2) is 0 Å². The number of carbonyl (C=O) groups excluding carboxylic acids is 1. The number of benzene rings is 1. The van der Waals surface area contributed by atoms with Crippen molar-refractivity contribution < 1.29 is 9.53 Å². The summed E-state index contributed by atoms with van der Waals surface area (Å²) in [4.78, 5) is 16.5. The van der Waals surface area contributed by atoms with E-state index < -0.39 is 0 Å². The van der Waals surface area contributed by atoms with Gasteiger partial charge in [0.25, 0.3) is 0 Å². The Morgan fingerprint density at radius 2 is 1.95 bits per heavy atom. The molecule has 1 aliphatic rings. The molecule has 5 nitrogen and oxygen atoms in total. The summed E-state index contributed by atoms with van der Waals surface area (Å²) in [6.07, 6.45) is 1.57. The molecule has 0 atom stereocenters. The average molecular weight is 291 g/mol. The molecule has 1 aliphatic heterocycles. The van der Waals surface area contributed by atoms with Gasteiger partial charge in [-0.05, 0) is 25.1 Å². The number of hydrogen-bond acceptors (Lipinski definition) is 4. The van der Waals surface area contributed by atoms with Crippen LogP contribution in [0, 0.1) is 0 Å². The Morgan fingerprint density at radius 3 is 2.62 bits per heavy atom. The van der Waals surface area contributed by atoms with Crippen molar-refractivity contribution in [2.75, 3.05) is 45.1 Å². The van der Waals surface area contributed by atoms with Crippen LogP contribution in [-0.2, 0) is 4.79 Å². The molecule has 0 saturated carbocycles. The summed E-state index contributed by atoms with van der Waals surface area (Å²) in [6.45, 7) is 7.29. The number of anilines is 1. The van der Waals surface area contributed by atoms with Gasteiger partial charge in [-0.1, -0.05) is 19.1 Å². The Morgan fingerprint density at radius 1 is 1.24 bits per heavy atom. The summed E-state index contributed by atoms with van der Waals surface area (Å²) < 4.78 is 5.58. The molecule has 21 heavy (non-hydrogen) atoms. The first kappa shape index (κ1) is 15.6. The largest absolute Gasteiger partial charge is 0.491 e. The lowest BCUT2D eigenvalue weighted by atomic mass is 10.2. The number of nitrogen functional groups attached to an aromatic ring is 1. The predicted octanol–water partition coefficient (Wildman–Crippen LogP) is 1.59. The Kier molecular flexibility index (Phi) is 5.87. The van der Waals surface area contributed by atoms with E-state index in [0.717, 1.165) is 32.7 Å². The number of para-hydroxylation sites is 2. The number of nitrogens with two attached hydrogens (primary N) is 1. The van der Waals surface area contributed by atoms with Crippen molar-refractivity contribution in [3.05, 3.63) is 24.3 Å². The highest BCUT2D eigenvalue weighted by molar-refractivity contribution is 5.76. The summed E-state index contributed by atoms with van der Waals surface area (Å²) in [5.41, 5.74) is 6.41. The Labute approximate surface area is 126 Å². The Balaban J connectivity index is 1.70. The van der Waals surface area contributed by atoms with E-state index >= 15 is 0 Å². The highest BCUT2D eigenvalue weighted by atomic mass is 16.5. The minimum atomic E-state index is 0.167. The number of piperazine rings is 1. The highest BCUT2D eigenvalue weighted by Crippen LogP contribution is 2.19. The van der Waals surface area contributed by atoms with Crippen LogP contribution in [0.4, 0.5) is 5.69 Å². The van der Waals surface area contributed by atoms with Crippen molar-refractivity contribution in [3.8, 4) is 5.75 Å². The Hall–Kier alpha value is -1.75. The van der Waals surface area contributed by atoms with Gasteiger partial charge in [-0.3, -0.25) is 9.69 Å². The van der Waals surface area contributed by atoms with Crippen LogP contribution >= 0.6 is 0 Å². The zero-order valence-corrected chi connectivity index (χ0v) is 12.8. The van der Waals surface area contributed by atoms with E-state index in [2.05, 4.69) is 11.8 Å². The van der Waals surface area contributed by atoms with Gasteiger partial charge in [0.15, 0.2) is 0 Å². The van der Waals surface area contributed by atoms with Crippen molar-refractivity contribution in [3.63, 3.8) is 0 Å². The van der Waals surface area contributed by atoms with E-state index in [-0.39, 0.29) is 5.91 Å². The number of rotatable bonds is 6. The van der Waals surface area contributed by atoms with Crippen molar-refractivity contribution in [2.45, 2.75) is 19.8 Å². The third kappa shape index (κ3) is 4.63. The summed E-state index contributed by atoms with van der Waals surface area (Å²) in [7, 11) is 0. The lowest BCUT2D eigenvalue weighted by molar-refractivity contribution is -0.133. The third-order valence-electron chi connectivity index (χ3n) is 3.76. The van der Waals surface area contributed by atoms with Crippen molar-refractivity contribution >= 4 is 11.6 Å². The average Bonchev–Trinajstić information content (AvgIpc) is 2.50. The van der Waals surface area contributed by atoms with Crippen LogP contribution in [0.15, 0.2) is 24.3 Å². The lowest BCUT2D eigenvalue weighted by Crippen LogP contribution is -2.49. The first-order valence-corrected chi connectivity index (χ1v) is 7.68. The molecular weight excluding hydrogens is 266 g/mol. The minimum absolute atomic E-state index is 0.167. The van der Waals surface area contributed by atoms with Crippen LogP contribution in [0.5, 0.6) is 5.75 Å². The first-order valence-electron chi connectivity index (χ1n) is 7.68. The topological polar surface area (TPSA) is 58.8 Å². The molecule has 2 N–H and O–H groups in total. The maximum absolute atomic E-state index is 12.1. The molecule has 1 saturated heterocycles. The summed E-state index contributed by atoms with van der Waals surface area (Å²) in [5.74, 6) is 0.818. The monoisotopic (exact) mass is 291 g/mol. The normalized spacial score (nSPS) is 16.0. The number of hydrogen-bond donors (Lipinski definition) is 1. The molecule has 116 valence electrons. The first-order chi connectivity index (χ1) is 10.2. The van der Waals surface area contributed by atoms with Crippen LogP contribution in [0.3, 0.4) is 0 Å². The van der Waals surface area contributed by atoms with Crippen LogP contribution in [0.2, 0.25) is 0 Å². The van der Waals surface area contributed by atoms with Gasteiger partial charge in [-0.15, -0.1) is 0 Å². The lowest BCUT2D eigenvalue weighted by Gasteiger charge is -2.34. The van der Waals surface area contributed by atoms with E-state index in [1.807, 2.05) is 23.1 Å². The molecule has 1 aromatic carbocycles. The number of carbonyl (C=O) groups is 1. The fraction of sp³-hybridized carbons (Fsp3) is 0.562. The van der Waals surface area contributed by atoms with Crippen molar-refractivity contribution in [2.24, 2.45) is 0 Å². The molecule has 0 radical (unpaired) electrons. The van der Waals surface area contributed by atoms with Crippen LogP contribution in [0.1, 0.15) is 19.8 Å². The maximum Gasteiger partial charge on any atom is 0.226 e. The van der Waals surface area contributed by atoms with Crippen molar-refractivity contribution in [1.82, 2.24) is 9.80 Å². The fourth-order valence-electron chi connectivity index (χ4n) is 2.56. The van der Waals surface area contributed by atoms with Gasteiger partial charge in [0.05, 0.1) is 18.7 Å². The van der Waals surface area contributed by atoms with Crippen molar-refractivity contribution in [1.29, 1.82) is 0 Å². The second kappa shape index (κ2) is 7.88. The van der Waals surface area contributed by atoms with Gasteiger partial charge in [-0.2, -0.15) is 0 Å². The molecule has 0 unspecified atom stereocenters. The summed E-state index contributed by atoms with van der Waals surface area (Å²) in [5, 5.41) is 0. The van der Waals surface area contributed by atoms with Crippen LogP contribution in [0.25, 0.3) is 0 Å². The highest BCUT2D eigenvalue weighted by Gasteiger charge is 2.20. The number of ether oxygens (including phenoxy) is 1. The van der Waals surface area contributed by atoms with E-state index in [1.165, 1.54) is 6.42 Å². The van der Waals surface area contributed by atoms with E-state index in [1.54, 1.807) is 6.07 Å². The third-order valence-corrected chi connectivity index (χ3v) is 3.76. The molecule has 0 aliphatic carbocycles. The SMILES string of the molecule is CCCN1CCN(C(=O)CCOc2ccccc2N)CC1. The zero-order chi connectivity index (χ0) is 15.1. The molecule has 0 aromatic heterocycles. The van der Waals surface area contributed by atoms with E-state index in [4.69, 9.17) is 10.5 Å². The second-order valence-electron chi connectivity index (χ2n) is 5.36. The summed E-state index contributed by atoms with van der Waals surface area (Å²) >= 11 is 0. The maximum atomic E-state index is 12.1. The number of nitrogens with zero attached hydrogens (tertiary/aromatic N) is 2. The molecule has 1 aromatic rings. The molecule has 1 fully saturated rings. The van der Waals surface area contributed by atoms with Gasteiger partial charge in [0, 0.05) is 26.2 Å². The molecular formula is C16H25N3O2. The van der Waals surface area contributed by atoms with Crippen LogP contribution in [-0.4, -0.2) is 55.0 Å². The quantitative estimate of drug-likeness (QED) is 0.809. The van der Waals surface area contributed by atoms with Gasteiger partial charge in [0.2, 0.25) is 5.91 Å². The Bertz CT molecular complexity index is 457. The van der Waals surface area contributed by atoms with E-state index in [9.17, 15) is 4.79 Å². The number of amides is 1.